The topological polar surface area (TPSA) is 38.3 Å². The Hall–Kier alpha value is -0.930. The largest absolute Gasteiger partial charge is 0.469 e. The molecular weight excluding hydrogens is 249 g/mol. The van der Waals surface area contributed by atoms with E-state index in [4.69, 9.17) is 23.2 Å². The van der Waals surface area contributed by atoms with Crippen molar-refractivity contribution < 1.29 is 9.53 Å². The maximum absolute atomic E-state index is 10.9. The van der Waals surface area contributed by atoms with Crippen LogP contribution in [-0.4, -0.2) is 19.6 Å². The zero-order chi connectivity index (χ0) is 12.0. The number of benzene rings is 1. The Morgan fingerprint density at radius 2 is 2.00 bits per heavy atom. The quantitative estimate of drug-likeness (QED) is 0.653. The Kier molecular flexibility index (Phi) is 5.43. The fourth-order valence-electron chi connectivity index (χ4n) is 1.21. The zero-order valence-electron chi connectivity index (χ0n) is 8.93. The van der Waals surface area contributed by atoms with Crippen LogP contribution in [0.2, 0.25) is 10.0 Å². The van der Waals surface area contributed by atoms with Crippen LogP contribution in [0.3, 0.4) is 0 Å². The molecule has 0 amide bonds. The van der Waals surface area contributed by atoms with Crippen LogP contribution >= 0.6 is 23.2 Å². The SMILES string of the molecule is COC(=O)CCCNc1c(Cl)cccc1Cl. The van der Waals surface area contributed by atoms with Gasteiger partial charge in [-0.1, -0.05) is 29.3 Å². The van der Waals surface area contributed by atoms with Gasteiger partial charge in [-0.15, -0.1) is 0 Å². The van der Waals surface area contributed by atoms with E-state index in [9.17, 15) is 4.79 Å². The van der Waals surface area contributed by atoms with Gasteiger partial charge >= 0.3 is 5.97 Å². The van der Waals surface area contributed by atoms with Crippen molar-refractivity contribution in [2.45, 2.75) is 12.8 Å². The molecule has 0 aliphatic rings. The van der Waals surface area contributed by atoms with E-state index < -0.39 is 0 Å². The lowest BCUT2D eigenvalue weighted by atomic mass is 10.3. The number of methoxy groups -OCH3 is 1. The van der Waals surface area contributed by atoms with Crippen LogP contribution < -0.4 is 5.32 Å². The number of para-hydroxylation sites is 1. The lowest BCUT2D eigenvalue weighted by molar-refractivity contribution is -0.140. The summed E-state index contributed by atoms with van der Waals surface area (Å²) in [6.45, 7) is 0.624. The molecule has 0 heterocycles. The molecule has 0 spiro atoms. The van der Waals surface area contributed by atoms with E-state index in [0.29, 0.717) is 35.1 Å². The molecule has 1 aromatic rings. The smallest absolute Gasteiger partial charge is 0.305 e. The molecule has 3 nitrogen and oxygen atoms in total. The highest BCUT2D eigenvalue weighted by atomic mass is 35.5. The lowest BCUT2D eigenvalue weighted by Crippen LogP contribution is -2.07. The fraction of sp³-hybridized carbons (Fsp3) is 0.364. The Balaban J connectivity index is 2.40. The van der Waals surface area contributed by atoms with Crippen LogP contribution in [0.25, 0.3) is 0 Å². The maximum Gasteiger partial charge on any atom is 0.305 e. The molecule has 0 saturated heterocycles. The van der Waals surface area contributed by atoms with Gasteiger partial charge in [0.25, 0.3) is 0 Å². The summed E-state index contributed by atoms with van der Waals surface area (Å²) in [6.07, 6.45) is 1.06. The molecule has 0 aliphatic heterocycles. The highest BCUT2D eigenvalue weighted by Crippen LogP contribution is 2.29. The number of esters is 1. The minimum atomic E-state index is -0.216. The summed E-state index contributed by atoms with van der Waals surface area (Å²) in [5.41, 5.74) is 0.704. The number of ether oxygens (including phenoxy) is 1. The Morgan fingerprint density at radius 3 is 2.56 bits per heavy atom. The number of nitrogens with one attached hydrogen (secondary N) is 1. The number of hydrogen-bond donors (Lipinski definition) is 1. The first-order valence-electron chi connectivity index (χ1n) is 4.90. The van der Waals surface area contributed by atoms with Crippen molar-refractivity contribution in [3.05, 3.63) is 28.2 Å². The summed E-state index contributed by atoms with van der Waals surface area (Å²) >= 11 is 11.9. The van der Waals surface area contributed by atoms with Gasteiger partial charge in [-0.05, 0) is 18.6 Å². The maximum atomic E-state index is 10.9. The highest BCUT2D eigenvalue weighted by Gasteiger charge is 2.05. The van der Waals surface area contributed by atoms with Gasteiger partial charge in [0.1, 0.15) is 0 Å². The molecule has 0 aromatic heterocycles. The molecule has 16 heavy (non-hydrogen) atoms. The molecule has 0 bridgehead atoms. The minimum Gasteiger partial charge on any atom is -0.469 e. The van der Waals surface area contributed by atoms with E-state index in [1.807, 2.05) is 0 Å². The van der Waals surface area contributed by atoms with E-state index in [1.165, 1.54) is 7.11 Å². The third kappa shape index (κ3) is 3.91. The first-order chi connectivity index (χ1) is 7.65. The van der Waals surface area contributed by atoms with Gasteiger partial charge in [-0.3, -0.25) is 4.79 Å². The third-order valence-electron chi connectivity index (χ3n) is 2.05. The van der Waals surface area contributed by atoms with E-state index >= 15 is 0 Å². The van der Waals surface area contributed by atoms with Crippen molar-refractivity contribution >= 4 is 34.9 Å². The minimum absolute atomic E-state index is 0.216. The monoisotopic (exact) mass is 261 g/mol. The molecule has 5 heteroatoms. The molecule has 88 valence electrons. The number of hydrogen-bond acceptors (Lipinski definition) is 3. The van der Waals surface area contributed by atoms with Crippen LogP contribution in [0, 0.1) is 0 Å². The van der Waals surface area contributed by atoms with Crippen LogP contribution in [0.5, 0.6) is 0 Å². The second kappa shape index (κ2) is 6.61. The normalized spacial score (nSPS) is 9.94. The van der Waals surface area contributed by atoms with Crippen LogP contribution in [0.1, 0.15) is 12.8 Å². The summed E-state index contributed by atoms with van der Waals surface area (Å²) in [7, 11) is 1.38. The van der Waals surface area contributed by atoms with E-state index in [1.54, 1.807) is 18.2 Å². The fourth-order valence-corrected chi connectivity index (χ4v) is 1.75. The zero-order valence-corrected chi connectivity index (χ0v) is 10.4. The molecule has 0 aliphatic carbocycles. The van der Waals surface area contributed by atoms with Crippen LogP contribution in [0.4, 0.5) is 5.69 Å². The van der Waals surface area contributed by atoms with Gasteiger partial charge in [0, 0.05) is 13.0 Å². The van der Waals surface area contributed by atoms with E-state index in [2.05, 4.69) is 10.1 Å². The van der Waals surface area contributed by atoms with Crippen molar-refractivity contribution in [2.75, 3.05) is 19.0 Å². The average Bonchev–Trinajstić information content (AvgIpc) is 2.27. The number of anilines is 1. The first-order valence-corrected chi connectivity index (χ1v) is 5.65. The molecule has 0 fully saturated rings. The molecule has 0 unspecified atom stereocenters. The van der Waals surface area contributed by atoms with Crippen molar-refractivity contribution in [3.8, 4) is 0 Å². The molecule has 0 atom stereocenters. The molecule has 1 N–H and O–H groups in total. The average molecular weight is 262 g/mol. The Morgan fingerprint density at radius 1 is 1.38 bits per heavy atom. The summed E-state index contributed by atoms with van der Waals surface area (Å²) in [5.74, 6) is -0.216. The van der Waals surface area contributed by atoms with Gasteiger partial charge in [0.2, 0.25) is 0 Å². The molecule has 1 aromatic carbocycles. The highest BCUT2D eigenvalue weighted by molar-refractivity contribution is 6.39. The van der Waals surface area contributed by atoms with Gasteiger partial charge in [-0.2, -0.15) is 0 Å². The van der Waals surface area contributed by atoms with E-state index in [-0.39, 0.29) is 5.97 Å². The summed E-state index contributed by atoms with van der Waals surface area (Å²) in [4.78, 5) is 10.9. The van der Waals surface area contributed by atoms with Gasteiger partial charge in [0.15, 0.2) is 0 Å². The Bertz CT molecular complexity index is 349. The van der Waals surface area contributed by atoms with Crippen LogP contribution in [-0.2, 0) is 9.53 Å². The van der Waals surface area contributed by atoms with Gasteiger partial charge in [0.05, 0.1) is 22.8 Å². The predicted molar refractivity (Wildman–Crippen MR) is 66.2 cm³/mol. The molecular formula is C11H13Cl2NO2. The molecule has 1 rings (SSSR count). The second-order valence-electron chi connectivity index (χ2n) is 3.20. The molecule has 0 saturated carbocycles. The van der Waals surface area contributed by atoms with Crippen molar-refractivity contribution in [1.29, 1.82) is 0 Å². The van der Waals surface area contributed by atoms with Gasteiger partial charge < -0.3 is 10.1 Å². The standard InChI is InChI=1S/C11H13Cl2NO2/c1-16-10(15)6-3-7-14-11-8(12)4-2-5-9(11)13/h2,4-5,14H,3,6-7H2,1H3. The van der Waals surface area contributed by atoms with Gasteiger partial charge in [-0.25, -0.2) is 0 Å². The first kappa shape index (κ1) is 13.1. The summed E-state index contributed by atoms with van der Waals surface area (Å²) < 4.78 is 4.53. The lowest BCUT2D eigenvalue weighted by Gasteiger charge is -2.09. The molecule has 0 radical (unpaired) electrons. The third-order valence-corrected chi connectivity index (χ3v) is 2.68. The van der Waals surface area contributed by atoms with Crippen molar-refractivity contribution in [3.63, 3.8) is 0 Å². The number of carbonyl (C=O) groups excluding carboxylic acids is 1. The number of carbonyl (C=O) groups is 1. The van der Waals surface area contributed by atoms with Crippen molar-refractivity contribution in [1.82, 2.24) is 0 Å². The number of rotatable bonds is 5. The number of halogens is 2. The second-order valence-corrected chi connectivity index (χ2v) is 4.02. The predicted octanol–water partition coefficient (Wildman–Crippen LogP) is 3.36. The Labute approximate surface area is 105 Å². The van der Waals surface area contributed by atoms with Crippen molar-refractivity contribution in [2.24, 2.45) is 0 Å². The van der Waals surface area contributed by atoms with Crippen LogP contribution in [0.15, 0.2) is 18.2 Å². The summed E-state index contributed by atoms with van der Waals surface area (Å²) in [6, 6.07) is 5.30. The summed E-state index contributed by atoms with van der Waals surface area (Å²) in [5, 5.41) is 4.24. The van der Waals surface area contributed by atoms with E-state index in [0.717, 1.165) is 0 Å².